The Balaban J connectivity index is 1.68. The predicted octanol–water partition coefficient (Wildman–Crippen LogP) is 2.95. The minimum absolute atomic E-state index is 0.243. The fourth-order valence-corrected chi connectivity index (χ4v) is 2.66. The molecule has 0 aliphatic rings. The third-order valence-corrected chi connectivity index (χ3v) is 3.88. The highest BCUT2D eigenvalue weighted by Gasteiger charge is 2.15. The monoisotopic (exact) mass is 329 g/mol. The number of hydrogen-bond donors (Lipinski definition) is 2. The Morgan fingerprint density at radius 1 is 1.12 bits per heavy atom. The van der Waals surface area contributed by atoms with Crippen molar-refractivity contribution >= 4 is 16.8 Å². The predicted molar refractivity (Wildman–Crippen MR) is 94.7 cm³/mol. The van der Waals surface area contributed by atoms with Gasteiger partial charge in [0.25, 0.3) is 5.91 Å². The average molecular weight is 329 g/mol. The number of aromatic amines is 1. The lowest BCUT2D eigenvalue weighted by Crippen LogP contribution is -2.24. The molecule has 25 heavy (non-hydrogen) atoms. The third kappa shape index (κ3) is 3.10. The largest absolute Gasteiger partial charge is 0.361 e. The molecule has 0 atom stereocenters. The molecule has 0 radical (unpaired) electrons. The molecular weight excluding hydrogens is 314 g/mol. The van der Waals surface area contributed by atoms with E-state index in [2.05, 4.69) is 25.3 Å². The van der Waals surface area contributed by atoms with Crippen LogP contribution in [0.1, 0.15) is 16.2 Å². The van der Waals surface area contributed by atoms with Gasteiger partial charge in [0.2, 0.25) is 0 Å². The van der Waals surface area contributed by atoms with Gasteiger partial charge in [0.15, 0.2) is 0 Å². The molecule has 6 heteroatoms. The Bertz CT molecular complexity index is 1010. The van der Waals surface area contributed by atoms with Crippen LogP contribution < -0.4 is 5.32 Å². The van der Waals surface area contributed by atoms with E-state index >= 15 is 0 Å². The van der Waals surface area contributed by atoms with E-state index in [-0.39, 0.29) is 5.91 Å². The van der Waals surface area contributed by atoms with Gasteiger partial charge in [0.1, 0.15) is 5.69 Å². The summed E-state index contributed by atoms with van der Waals surface area (Å²) in [6.45, 7) is 0.301. The minimum atomic E-state index is -0.243. The van der Waals surface area contributed by atoms with Crippen molar-refractivity contribution in [3.05, 3.63) is 78.6 Å². The summed E-state index contributed by atoms with van der Waals surface area (Å²) in [6.07, 6.45) is 6.63. The third-order valence-electron chi connectivity index (χ3n) is 3.88. The number of hydrogen-bond acceptors (Lipinski definition) is 4. The highest BCUT2D eigenvalue weighted by atomic mass is 16.1. The van der Waals surface area contributed by atoms with Crippen LogP contribution in [0.4, 0.5) is 0 Å². The molecule has 3 aromatic heterocycles. The van der Waals surface area contributed by atoms with E-state index in [1.165, 1.54) is 0 Å². The van der Waals surface area contributed by atoms with Crippen LogP contribution in [-0.2, 0) is 6.54 Å². The molecule has 1 aromatic carbocycles. The van der Waals surface area contributed by atoms with Gasteiger partial charge in [0, 0.05) is 35.1 Å². The van der Waals surface area contributed by atoms with Gasteiger partial charge in [-0.1, -0.05) is 30.3 Å². The minimum Gasteiger partial charge on any atom is -0.361 e. The molecule has 0 aliphatic heterocycles. The van der Waals surface area contributed by atoms with Crippen LogP contribution in [0, 0.1) is 0 Å². The molecule has 0 saturated heterocycles. The standard InChI is InChI=1S/C19H15N5O/c25-19(23-12-14-11-20-8-9-21-14)18-15-6-7-22-17(15)10-16(24-18)13-4-2-1-3-5-13/h1-11,22H,12H2,(H,23,25). The van der Waals surface area contributed by atoms with E-state index in [0.717, 1.165) is 22.2 Å². The van der Waals surface area contributed by atoms with Crippen molar-refractivity contribution in [1.82, 2.24) is 25.3 Å². The Morgan fingerprint density at radius 2 is 2.00 bits per heavy atom. The number of carbonyl (C=O) groups is 1. The van der Waals surface area contributed by atoms with Crippen molar-refractivity contribution < 1.29 is 4.79 Å². The second-order valence-corrected chi connectivity index (χ2v) is 5.54. The normalized spacial score (nSPS) is 10.7. The fourth-order valence-electron chi connectivity index (χ4n) is 2.66. The number of carbonyl (C=O) groups excluding carboxylic acids is 1. The van der Waals surface area contributed by atoms with E-state index in [9.17, 15) is 4.79 Å². The van der Waals surface area contributed by atoms with Crippen LogP contribution >= 0.6 is 0 Å². The maximum Gasteiger partial charge on any atom is 0.270 e. The van der Waals surface area contributed by atoms with E-state index in [1.807, 2.05) is 42.5 Å². The fraction of sp³-hybridized carbons (Fsp3) is 0.0526. The molecule has 0 fully saturated rings. The van der Waals surface area contributed by atoms with Gasteiger partial charge in [-0.25, -0.2) is 4.98 Å². The number of pyridine rings is 1. The van der Waals surface area contributed by atoms with Gasteiger partial charge in [-0.15, -0.1) is 0 Å². The number of nitrogens with zero attached hydrogens (tertiary/aromatic N) is 3. The van der Waals surface area contributed by atoms with Gasteiger partial charge in [-0.2, -0.15) is 0 Å². The van der Waals surface area contributed by atoms with Crippen LogP contribution in [-0.4, -0.2) is 25.8 Å². The second kappa shape index (κ2) is 6.52. The number of H-pyrrole nitrogens is 1. The summed E-state index contributed by atoms with van der Waals surface area (Å²) in [4.78, 5) is 28.6. The Hall–Kier alpha value is -3.54. The maximum atomic E-state index is 12.7. The summed E-state index contributed by atoms with van der Waals surface area (Å²) in [6, 6.07) is 13.6. The Morgan fingerprint density at radius 3 is 2.80 bits per heavy atom. The lowest BCUT2D eigenvalue weighted by atomic mass is 10.1. The van der Waals surface area contributed by atoms with Crippen LogP contribution in [0.3, 0.4) is 0 Å². The maximum absolute atomic E-state index is 12.7. The van der Waals surface area contributed by atoms with E-state index in [0.29, 0.717) is 17.9 Å². The summed E-state index contributed by atoms with van der Waals surface area (Å²) in [5.74, 6) is -0.243. The molecule has 0 saturated carbocycles. The first kappa shape index (κ1) is 15.0. The lowest BCUT2D eigenvalue weighted by molar-refractivity contribution is 0.0947. The molecule has 0 aliphatic carbocycles. The molecule has 4 rings (SSSR count). The Kier molecular flexibility index (Phi) is 3.92. The zero-order chi connectivity index (χ0) is 17.1. The van der Waals surface area contributed by atoms with E-state index in [4.69, 9.17) is 0 Å². The van der Waals surface area contributed by atoms with Crippen LogP contribution in [0.25, 0.3) is 22.2 Å². The van der Waals surface area contributed by atoms with Crippen molar-refractivity contribution in [1.29, 1.82) is 0 Å². The summed E-state index contributed by atoms with van der Waals surface area (Å²) in [5.41, 5.74) is 3.67. The number of fused-ring (bicyclic) bond motifs is 1. The van der Waals surface area contributed by atoms with Gasteiger partial charge in [-0.05, 0) is 12.1 Å². The number of rotatable bonds is 4. The van der Waals surface area contributed by atoms with Crippen molar-refractivity contribution in [2.75, 3.05) is 0 Å². The molecule has 0 unspecified atom stereocenters. The highest BCUT2D eigenvalue weighted by molar-refractivity contribution is 6.05. The molecule has 1 amide bonds. The molecule has 2 N–H and O–H groups in total. The first-order valence-corrected chi connectivity index (χ1v) is 7.88. The lowest BCUT2D eigenvalue weighted by Gasteiger charge is -2.08. The number of nitrogens with one attached hydrogen (secondary N) is 2. The van der Waals surface area contributed by atoms with Crippen molar-refractivity contribution in [3.63, 3.8) is 0 Å². The van der Waals surface area contributed by atoms with Gasteiger partial charge < -0.3 is 10.3 Å². The summed E-state index contributed by atoms with van der Waals surface area (Å²) >= 11 is 0. The zero-order valence-corrected chi connectivity index (χ0v) is 13.3. The van der Waals surface area contributed by atoms with Gasteiger partial charge >= 0.3 is 0 Å². The first-order chi connectivity index (χ1) is 12.3. The molecular formula is C19H15N5O. The van der Waals surface area contributed by atoms with Gasteiger partial charge in [-0.3, -0.25) is 14.8 Å². The molecule has 4 aromatic rings. The van der Waals surface area contributed by atoms with Crippen molar-refractivity contribution in [3.8, 4) is 11.3 Å². The van der Waals surface area contributed by atoms with Crippen LogP contribution in [0.15, 0.2) is 67.3 Å². The van der Waals surface area contributed by atoms with E-state index < -0.39 is 0 Å². The second-order valence-electron chi connectivity index (χ2n) is 5.54. The van der Waals surface area contributed by atoms with E-state index in [1.54, 1.807) is 24.8 Å². The zero-order valence-electron chi connectivity index (χ0n) is 13.3. The smallest absolute Gasteiger partial charge is 0.270 e. The van der Waals surface area contributed by atoms with Crippen molar-refractivity contribution in [2.24, 2.45) is 0 Å². The quantitative estimate of drug-likeness (QED) is 0.603. The van der Waals surface area contributed by atoms with Gasteiger partial charge in [0.05, 0.1) is 24.1 Å². The average Bonchev–Trinajstić information content (AvgIpc) is 3.15. The molecule has 122 valence electrons. The van der Waals surface area contributed by atoms with Crippen LogP contribution in [0.5, 0.6) is 0 Å². The molecule has 3 heterocycles. The molecule has 0 spiro atoms. The topological polar surface area (TPSA) is 83.6 Å². The number of amides is 1. The van der Waals surface area contributed by atoms with Crippen molar-refractivity contribution in [2.45, 2.75) is 6.54 Å². The molecule has 0 bridgehead atoms. The summed E-state index contributed by atoms with van der Waals surface area (Å²) < 4.78 is 0. The molecule has 6 nitrogen and oxygen atoms in total. The summed E-state index contributed by atoms with van der Waals surface area (Å²) in [5, 5.41) is 3.65. The summed E-state index contributed by atoms with van der Waals surface area (Å²) in [7, 11) is 0. The number of aromatic nitrogens is 4. The Labute approximate surface area is 144 Å². The number of benzene rings is 1. The highest BCUT2D eigenvalue weighted by Crippen LogP contribution is 2.24. The first-order valence-electron chi connectivity index (χ1n) is 7.88. The van der Waals surface area contributed by atoms with Crippen LogP contribution in [0.2, 0.25) is 0 Å². The SMILES string of the molecule is O=C(NCc1cnccn1)c1nc(-c2ccccc2)cc2[nH]ccc12.